The van der Waals surface area contributed by atoms with E-state index in [1.165, 1.54) is 29.3 Å². The molecule has 2 aromatic heterocycles. The Kier molecular flexibility index (Phi) is 5.84. The minimum atomic E-state index is -4.38. The molecule has 28 heavy (non-hydrogen) atoms. The first kappa shape index (κ1) is 20.1. The Morgan fingerprint density at radius 2 is 1.93 bits per heavy atom. The molecule has 0 amide bonds. The number of nitrogens with zero attached hydrogens (tertiary/aromatic N) is 3. The van der Waals surface area contributed by atoms with E-state index in [0.29, 0.717) is 23.6 Å². The van der Waals surface area contributed by atoms with Crippen LogP contribution in [0.4, 0.5) is 19.0 Å². The summed E-state index contributed by atoms with van der Waals surface area (Å²) in [6, 6.07) is 7.19. The fraction of sp³-hybridized carbons (Fsp3) is 0.176. The van der Waals surface area contributed by atoms with Crippen molar-refractivity contribution in [2.75, 3.05) is 11.4 Å². The summed E-state index contributed by atoms with van der Waals surface area (Å²) in [5.74, 6) is -0.580. The largest absolute Gasteiger partial charge is 0.497 e. The van der Waals surface area contributed by atoms with E-state index in [2.05, 4.69) is 9.97 Å². The summed E-state index contributed by atoms with van der Waals surface area (Å²) in [5.41, 5.74) is 1.01. The molecule has 11 heteroatoms. The highest BCUT2D eigenvalue weighted by Gasteiger charge is 2.30. The molecule has 3 aromatic rings. The molecule has 0 aliphatic heterocycles. The summed E-state index contributed by atoms with van der Waals surface area (Å²) in [6.45, 7) is -0.126. The predicted molar refractivity (Wildman–Crippen MR) is 97.6 cm³/mol. The Morgan fingerprint density at radius 1 is 1.21 bits per heavy atom. The summed E-state index contributed by atoms with van der Waals surface area (Å²) in [5, 5.41) is 0.809. The van der Waals surface area contributed by atoms with Crippen LogP contribution in [0.15, 0.2) is 52.4 Å². The summed E-state index contributed by atoms with van der Waals surface area (Å²) < 4.78 is 71.7. The van der Waals surface area contributed by atoms with E-state index in [-0.39, 0.29) is 12.4 Å². The molecule has 148 valence electrons. The van der Waals surface area contributed by atoms with Gasteiger partial charge in [0.25, 0.3) is 16.4 Å². The van der Waals surface area contributed by atoms with Crippen molar-refractivity contribution in [2.24, 2.45) is 0 Å². The number of ether oxygens (including phenoxy) is 1. The monoisotopic (exact) mass is 429 g/mol. The molecule has 3 rings (SSSR count). The molecule has 0 saturated carbocycles. The maximum absolute atomic E-state index is 13.5. The van der Waals surface area contributed by atoms with E-state index in [1.54, 1.807) is 24.3 Å². The van der Waals surface area contributed by atoms with Crippen molar-refractivity contribution >= 4 is 27.2 Å². The SMILES string of the molecule is COc1ccc(CN(c2cscn2)S(=O)(=O)c2cc(C(F)F)c(F)cn2)cc1. The zero-order valence-corrected chi connectivity index (χ0v) is 16.1. The lowest BCUT2D eigenvalue weighted by Gasteiger charge is -2.22. The van der Waals surface area contributed by atoms with Crippen LogP contribution >= 0.6 is 11.3 Å². The number of hydrogen-bond donors (Lipinski definition) is 0. The highest BCUT2D eigenvalue weighted by atomic mass is 32.2. The van der Waals surface area contributed by atoms with Gasteiger partial charge in [0.2, 0.25) is 0 Å². The smallest absolute Gasteiger partial charge is 0.283 e. The molecule has 6 nitrogen and oxygen atoms in total. The standard InChI is InChI=1S/C17H14F3N3O3S2/c1-26-12-4-2-11(3-5-12)8-23(15-9-27-10-22-15)28(24,25)16-6-13(17(19)20)14(18)7-21-16/h2-7,9-10,17H,8H2,1H3. The fourth-order valence-electron chi connectivity index (χ4n) is 2.37. The van der Waals surface area contributed by atoms with Gasteiger partial charge in [0.15, 0.2) is 10.8 Å². The number of rotatable bonds is 7. The summed E-state index contributed by atoms with van der Waals surface area (Å²) in [6.07, 6.45) is -2.70. The Hall–Kier alpha value is -2.66. The Morgan fingerprint density at radius 3 is 2.50 bits per heavy atom. The molecule has 0 N–H and O–H groups in total. The average Bonchev–Trinajstić information content (AvgIpc) is 3.20. The van der Waals surface area contributed by atoms with Crippen LogP contribution < -0.4 is 9.04 Å². The molecular weight excluding hydrogens is 415 g/mol. The summed E-state index contributed by atoms with van der Waals surface area (Å²) >= 11 is 1.17. The van der Waals surface area contributed by atoms with Gasteiger partial charge in [-0.2, -0.15) is 8.42 Å². The Labute approximate surface area is 163 Å². The van der Waals surface area contributed by atoms with Crippen molar-refractivity contribution in [3.8, 4) is 5.75 Å². The summed E-state index contributed by atoms with van der Waals surface area (Å²) in [4.78, 5) is 7.51. The van der Waals surface area contributed by atoms with Gasteiger partial charge in [0, 0.05) is 5.38 Å². The zero-order valence-electron chi connectivity index (χ0n) is 14.4. The van der Waals surface area contributed by atoms with E-state index in [1.807, 2.05) is 0 Å². The lowest BCUT2D eigenvalue weighted by molar-refractivity contribution is 0.145. The maximum Gasteiger partial charge on any atom is 0.283 e. The van der Waals surface area contributed by atoms with E-state index in [9.17, 15) is 21.6 Å². The number of aromatic nitrogens is 2. The molecule has 0 aliphatic carbocycles. The molecule has 0 aliphatic rings. The molecule has 0 fully saturated rings. The number of pyridine rings is 1. The van der Waals surface area contributed by atoms with Crippen LogP contribution in [0.3, 0.4) is 0 Å². The molecule has 0 spiro atoms. The highest BCUT2D eigenvalue weighted by Crippen LogP contribution is 2.28. The first-order valence-corrected chi connectivity index (χ1v) is 10.2. The summed E-state index contributed by atoms with van der Waals surface area (Å²) in [7, 11) is -2.87. The van der Waals surface area contributed by atoms with Crippen LogP contribution in [0.5, 0.6) is 5.75 Å². The quantitative estimate of drug-likeness (QED) is 0.567. The van der Waals surface area contributed by atoms with Gasteiger partial charge in [-0.05, 0) is 23.8 Å². The van der Waals surface area contributed by atoms with Crippen molar-refractivity contribution < 1.29 is 26.3 Å². The Bertz CT molecular complexity index is 1040. The Balaban J connectivity index is 2.03. The average molecular weight is 429 g/mol. The van der Waals surface area contributed by atoms with Crippen LogP contribution in [0.25, 0.3) is 0 Å². The van der Waals surface area contributed by atoms with Crippen LogP contribution in [0.1, 0.15) is 17.6 Å². The minimum Gasteiger partial charge on any atom is -0.497 e. The van der Waals surface area contributed by atoms with E-state index >= 15 is 0 Å². The molecule has 0 unspecified atom stereocenters. The molecule has 0 saturated heterocycles. The van der Waals surface area contributed by atoms with E-state index in [4.69, 9.17) is 4.74 Å². The number of benzene rings is 1. The second kappa shape index (κ2) is 8.15. The molecule has 0 radical (unpaired) electrons. The molecule has 1 aromatic carbocycles. The first-order valence-electron chi connectivity index (χ1n) is 7.80. The first-order chi connectivity index (χ1) is 13.3. The van der Waals surface area contributed by atoms with E-state index in [0.717, 1.165) is 4.31 Å². The fourth-order valence-corrected chi connectivity index (χ4v) is 4.33. The normalized spacial score (nSPS) is 11.6. The van der Waals surface area contributed by atoms with Gasteiger partial charge < -0.3 is 4.74 Å². The highest BCUT2D eigenvalue weighted by molar-refractivity contribution is 7.92. The number of anilines is 1. The van der Waals surface area contributed by atoms with Crippen molar-refractivity contribution in [1.82, 2.24) is 9.97 Å². The van der Waals surface area contributed by atoms with Crippen LogP contribution in [0.2, 0.25) is 0 Å². The third-order valence-corrected chi connectivity index (χ3v) is 6.03. The lowest BCUT2D eigenvalue weighted by atomic mass is 10.2. The van der Waals surface area contributed by atoms with Gasteiger partial charge in [-0.15, -0.1) is 11.3 Å². The van der Waals surface area contributed by atoms with Gasteiger partial charge in [0.05, 0.1) is 30.9 Å². The van der Waals surface area contributed by atoms with Gasteiger partial charge in [-0.25, -0.2) is 27.4 Å². The van der Waals surface area contributed by atoms with Gasteiger partial charge in [-0.1, -0.05) is 12.1 Å². The molecule has 0 atom stereocenters. The van der Waals surface area contributed by atoms with Crippen LogP contribution in [-0.2, 0) is 16.6 Å². The van der Waals surface area contributed by atoms with Gasteiger partial charge in [0.1, 0.15) is 11.6 Å². The lowest BCUT2D eigenvalue weighted by Crippen LogP contribution is -2.31. The van der Waals surface area contributed by atoms with Crippen molar-refractivity contribution in [3.63, 3.8) is 0 Å². The predicted octanol–water partition coefficient (Wildman–Crippen LogP) is 4.02. The molecular formula is C17H14F3N3O3S2. The van der Waals surface area contributed by atoms with Crippen molar-refractivity contribution in [2.45, 2.75) is 18.0 Å². The number of methoxy groups -OCH3 is 1. The maximum atomic E-state index is 13.5. The molecule has 0 bridgehead atoms. The third-order valence-electron chi connectivity index (χ3n) is 3.81. The number of hydrogen-bond acceptors (Lipinski definition) is 6. The second-order valence-electron chi connectivity index (χ2n) is 5.55. The second-order valence-corrected chi connectivity index (χ2v) is 8.08. The van der Waals surface area contributed by atoms with Crippen molar-refractivity contribution in [1.29, 1.82) is 0 Å². The van der Waals surface area contributed by atoms with Gasteiger partial charge in [-0.3, -0.25) is 0 Å². The minimum absolute atomic E-state index is 0.102. The number of alkyl halides is 2. The van der Waals surface area contributed by atoms with E-state index < -0.39 is 32.9 Å². The number of sulfonamides is 1. The topological polar surface area (TPSA) is 72.4 Å². The number of halogens is 3. The molecule has 2 heterocycles. The zero-order chi connectivity index (χ0) is 20.3. The van der Waals surface area contributed by atoms with Crippen molar-refractivity contribution in [3.05, 3.63) is 64.4 Å². The third kappa shape index (κ3) is 4.09. The number of thiazole rings is 1. The van der Waals surface area contributed by atoms with Crippen LogP contribution in [0, 0.1) is 5.82 Å². The van der Waals surface area contributed by atoms with Crippen LogP contribution in [-0.4, -0.2) is 25.5 Å². The van der Waals surface area contributed by atoms with Gasteiger partial charge >= 0.3 is 0 Å².